The predicted molar refractivity (Wildman–Crippen MR) is 151 cm³/mol. The summed E-state index contributed by atoms with van der Waals surface area (Å²) < 4.78 is 59.1. The van der Waals surface area contributed by atoms with Crippen molar-refractivity contribution in [2.75, 3.05) is 50.6 Å². The molecule has 3 rings (SSSR count). The van der Waals surface area contributed by atoms with E-state index in [1.54, 1.807) is 38.5 Å². The van der Waals surface area contributed by atoms with Crippen molar-refractivity contribution in [2.45, 2.75) is 38.5 Å². The van der Waals surface area contributed by atoms with Gasteiger partial charge in [-0.25, -0.2) is 16.8 Å². The van der Waals surface area contributed by atoms with Crippen LogP contribution in [0.25, 0.3) is 0 Å². The van der Waals surface area contributed by atoms with Crippen LogP contribution in [0, 0.1) is 5.92 Å². The molecule has 0 N–H and O–H groups in total. The highest BCUT2D eigenvalue weighted by atomic mass is 35.5. The maximum absolute atomic E-state index is 11.9. The lowest BCUT2D eigenvalue weighted by Crippen LogP contribution is -2.35. The molecule has 1 aliphatic rings. The largest absolute Gasteiger partial charge is 0.493 e. The van der Waals surface area contributed by atoms with Gasteiger partial charge >= 0.3 is 0 Å². The second-order valence-electron chi connectivity index (χ2n) is 9.67. The molecule has 0 fully saturated rings. The third-order valence-electron chi connectivity index (χ3n) is 6.72. The Balaban J connectivity index is 0.00000481. The molecule has 0 heterocycles. The fourth-order valence-corrected chi connectivity index (χ4v) is 7.88. The molecule has 0 aromatic heterocycles. The number of aryl methyl sites for hydroxylation is 1. The first-order valence-electron chi connectivity index (χ1n) is 12.1. The highest BCUT2D eigenvalue weighted by molar-refractivity contribution is 8.09. The molecule has 2 aromatic rings. The van der Waals surface area contributed by atoms with Crippen LogP contribution >= 0.6 is 12.4 Å². The highest BCUT2D eigenvalue weighted by Gasteiger charge is 2.27. The Bertz CT molecular complexity index is 1220. The van der Waals surface area contributed by atoms with Crippen molar-refractivity contribution in [3.05, 3.63) is 53.1 Å². The minimum Gasteiger partial charge on any atom is -0.493 e. The molecule has 1 unspecified atom stereocenters. The lowest BCUT2D eigenvalue weighted by molar-refractivity contribution is 0.307. The van der Waals surface area contributed by atoms with Crippen molar-refractivity contribution in [1.29, 1.82) is 0 Å². The van der Waals surface area contributed by atoms with Gasteiger partial charge in [0.2, 0.25) is 20.0 Å². The zero-order chi connectivity index (χ0) is 26.5. The monoisotopic (exact) mass is 574 g/mol. The molecule has 0 saturated carbocycles. The molecule has 37 heavy (non-hydrogen) atoms. The van der Waals surface area contributed by atoms with Gasteiger partial charge < -0.3 is 14.4 Å². The minimum atomic E-state index is -3.93. The summed E-state index contributed by atoms with van der Waals surface area (Å²) in [5, 5.41) is 0. The quantitative estimate of drug-likeness (QED) is 0.379. The Hall–Kier alpha value is -2.01. The van der Waals surface area contributed by atoms with Crippen LogP contribution in [0.2, 0.25) is 0 Å². The van der Waals surface area contributed by atoms with E-state index in [9.17, 15) is 16.8 Å². The van der Waals surface area contributed by atoms with Crippen LogP contribution < -0.4 is 13.2 Å². The van der Waals surface area contributed by atoms with Gasteiger partial charge in [0.1, 0.15) is 0 Å². The lowest BCUT2D eigenvalue weighted by Gasteiger charge is -2.26. The van der Waals surface area contributed by atoms with Gasteiger partial charge in [-0.05, 0) is 99.0 Å². The topological polar surface area (TPSA) is 93.2 Å². The maximum Gasteiger partial charge on any atom is 0.245 e. The second kappa shape index (κ2) is 13.2. The predicted octanol–water partition coefficient (Wildman–Crippen LogP) is 3.91. The van der Waals surface area contributed by atoms with Crippen LogP contribution in [0.5, 0.6) is 11.5 Å². The number of ether oxygens (including phenoxy) is 2. The number of methoxy groups -OCH3 is 2. The number of hydrogen-bond donors (Lipinski definition) is 0. The van der Waals surface area contributed by atoms with E-state index in [2.05, 4.69) is 24.1 Å². The Morgan fingerprint density at radius 2 is 1.46 bits per heavy atom. The van der Waals surface area contributed by atoms with Crippen molar-refractivity contribution in [3.8, 4) is 11.5 Å². The number of nitrogens with zero attached hydrogens (tertiary/aromatic N) is 2. The summed E-state index contributed by atoms with van der Waals surface area (Å²) in [5.74, 6) is 2.27. The standard InChI is InChI=1S/C26H38N2O6S2.ClH/c1-27(16-14-20-9-12-24(13-10-20)28(35(4,29)30)36(5,31)32)15-6-7-21-8-11-22-18-25(33-2)26(34-3)19-23(22)17-21;/h9-10,12-13,18-19,21H,6-8,11,14-17H2,1-5H3;1H. The zero-order valence-corrected chi connectivity index (χ0v) is 24.7. The molecule has 0 saturated heterocycles. The van der Waals surface area contributed by atoms with E-state index >= 15 is 0 Å². The number of likely N-dealkylation sites (N-methyl/N-ethyl adjacent to an activating group) is 1. The van der Waals surface area contributed by atoms with Crippen molar-refractivity contribution in [2.24, 2.45) is 5.92 Å². The molecule has 0 aliphatic heterocycles. The summed E-state index contributed by atoms with van der Waals surface area (Å²) in [5.41, 5.74) is 3.89. The molecule has 0 spiro atoms. The minimum absolute atomic E-state index is 0. The number of fused-ring (bicyclic) bond motifs is 1. The summed E-state index contributed by atoms with van der Waals surface area (Å²) in [7, 11) is -2.41. The maximum atomic E-state index is 11.9. The molecule has 0 amide bonds. The van der Waals surface area contributed by atoms with E-state index in [1.807, 2.05) is 0 Å². The van der Waals surface area contributed by atoms with Gasteiger partial charge in [-0.15, -0.1) is 12.4 Å². The van der Waals surface area contributed by atoms with Gasteiger partial charge in [0.25, 0.3) is 0 Å². The molecule has 1 aliphatic carbocycles. The van der Waals surface area contributed by atoms with E-state index in [0.29, 0.717) is 9.63 Å². The molecular weight excluding hydrogens is 536 g/mol. The fourth-order valence-electron chi connectivity index (χ4n) is 4.90. The van der Waals surface area contributed by atoms with Crippen molar-refractivity contribution in [3.63, 3.8) is 0 Å². The first kappa shape index (κ1) is 31.2. The number of halogens is 1. The lowest BCUT2D eigenvalue weighted by atomic mass is 9.81. The smallest absolute Gasteiger partial charge is 0.245 e. The molecule has 2 aromatic carbocycles. The average Bonchev–Trinajstić information content (AvgIpc) is 2.80. The second-order valence-corrected chi connectivity index (χ2v) is 13.6. The normalized spacial score (nSPS) is 15.6. The summed E-state index contributed by atoms with van der Waals surface area (Å²) in [6, 6.07) is 10.9. The summed E-state index contributed by atoms with van der Waals surface area (Å²) in [4.78, 5) is 2.30. The molecule has 208 valence electrons. The summed E-state index contributed by atoms with van der Waals surface area (Å²) in [6.45, 7) is 1.87. The van der Waals surface area contributed by atoms with Crippen LogP contribution in [0.3, 0.4) is 0 Å². The van der Waals surface area contributed by atoms with E-state index in [0.717, 1.165) is 68.3 Å². The molecular formula is C26H39ClN2O6S2. The third-order valence-corrected chi connectivity index (χ3v) is 9.97. The fraction of sp³-hybridized carbons (Fsp3) is 0.538. The SMILES string of the molecule is COc1cc2c(cc1OC)CC(CCCN(C)CCc1ccc(N(S(C)(=O)=O)S(C)(=O)=O)cc1)CC2.Cl. The number of hydrogen-bond acceptors (Lipinski definition) is 7. The van der Waals surface area contributed by atoms with Crippen LogP contribution in [-0.4, -0.2) is 68.6 Å². The summed E-state index contributed by atoms with van der Waals surface area (Å²) in [6.07, 6.45) is 8.21. The number of rotatable bonds is 12. The third kappa shape index (κ3) is 8.49. The molecule has 0 bridgehead atoms. The van der Waals surface area contributed by atoms with Crippen LogP contribution in [0.15, 0.2) is 36.4 Å². The van der Waals surface area contributed by atoms with Gasteiger partial charge in [0.15, 0.2) is 11.5 Å². The molecule has 1 atom stereocenters. The first-order valence-corrected chi connectivity index (χ1v) is 15.8. The number of sulfonamides is 2. The van der Waals surface area contributed by atoms with Gasteiger partial charge in [-0.2, -0.15) is 3.71 Å². The highest BCUT2D eigenvalue weighted by Crippen LogP contribution is 2.36. The van der Waals surface area contributed by atoms with Crippen LogP contribution in [-0.2, 0) is 39.3 Å². The van der Waals surface area contributed by atoms with Crippen LogP contribution in [0.4, 0.5) is 5.69 Å². The Kier molecular flexibility index (Phi) is 11.1. The Labute approximate surface area is 228 Å². The van der Waals surface area contributed by atoms with Crippen molar-refractivity contribution in [1.82, 2.24) is 4.90 Å². The molecule has 11 heteroatoms. The first-order chi connectivity index (χ1) is 16.9. The van der Waals surface area contributed by atoms with E-state index in [1.165, 1.54) is 24.0 Å². The zero-order valence-electron chi connectivity index (χ0n) is 22.3. The Morgan fingerprint density at radius 3 is 2.00 bits per heavy atom. The van der Waals surface area contributed by atoms with E-state index < -0.39 is 20.0 Å². The van der Waals surface area contributed by atoms with Crippen molar-refractivity contribution < 1.29 is 26.3 Å². The Morgan fingerprint density at radius 1 is 0.892 bits per heavy atom. The van der Waals surface area contributed by atoms with E-state index in [-0.39, 0.29) is 18.1 Å². The van der Waals surface area contributed by atoms with Gasteiger partial charge in [-0.1, -0.05) is 12.1 Å². The summed E-state index contributed by atoms with van der Waals surface area (Å²) >= 11 is 0. The molecule has 8 nitrogen and oxygen atoms in total. The van der Waals surface area contributed by atoms with Crippen molar-refractivity contribution >= 4 is 38.1 Å². The van der Waals surface area contributed by atoms with Crippen LogP contribution in [0.1, 0.15) is 36.0 Å². The van der Waals surface area contributed by atoms with Gasteiger partial charge in [0.05, 0.1) is 32.4 Å². The van der Waals surface area contributed by atoms with Gasteiger partial charge in [-0.3, -0.25) is 0 Å². The van der Waals surface area contributed by atoms with Gasteiger partial charge in [0, 0.05) is 6.54 Å². The number of anilines is 1. The van der Waals surface area contributed by atoms with E-state index in [4.69, 9.17) is 9.47 Å². The number of benzene rings is 2. The molecule has 0 radical (unpaired) electrons. The average molecular weight is 575 g/mol.